The van der Waals surface area contributed by atoms with E-state index in [-0.39, 0.29) is 12.1 Å². The van der Waals surface area contributed by atoms with Crippen LogP contribution in [0.25, 0.3) is 0 Å². The maximum Gasteiger partial charge on any atom is 0.338 e. The van der Waals surface area contributed by atoms with Gasteiger partial charge in [0.1, 0.15) is 12.4 Å². The molecule has 0 saturated carbocycles. The van der Waals surface area contributed by atoms with Crippen molar-refractivity contribution in [1.82, 2.24) is 9.97 Å². The summed E-state index contributed by atoms with van der Waals surface area (Å²) in [5, 5.41) is 0. The van der Waals surface area contributed by atoms with E-state index >= 15 is 0 Å². The molecule has 74 valence electrons. The highest BCUT2D eigenvalue weighted by Gasteiger charge is 2.47. The number of carbonyl (C=O) groups excluding carboxylic acids is 1. The molecule has 5 heteroatoms. The van der Waals surface area contributed by atoms with Crippen molar-refractivity contribution in [3.8, 4) is 0 Å². The Labute approximate surface area is 81.1 Å². The van der Waals surface area contributed by atoms with E-state index in [4.69, 9.17) is 9.47 Å². The molecule has 1 aromatic rings. The van der Waals surface area contributed by atoms with Crippen molar-refractivity contribution in [3.05, 3.63) is 24.3 Å². The second-order valence-electron chi connectivity index (χ2n) is 2.90. The molecular formula is C9H10N2O3. The number of epoxide rings is 1. The number of rotatable bonds is 3. The van der Waals surface area contributed by atoms with Gasteiger partial charge in [-0.1, -0.05) is 0 Å². The zero-order valence-electron chi connectivity index (χ0n) is 7.71. The average molecular weight is 194 g/mol. The lowest BCUT2D eigenvalue weighted by Gasteiger charge is -1.96. The topological polar surface area (TPSA) is 64.6 Å². The van der Waals surface area contributed by atoms with E-state index < -0.39 is 6.10 Å². The molecule has 0 aliphatic carbocycles. The molecule has 1 fully saturated rings. The van der Waals surface area contributed by atoms with Crippen LogP contribution in [0.2, 0.25) is 0 Å². The van der Waals surface area contributed by atoms with Crippen LogP contribution in [0.15, 0.2) is 18.7 Å². The van der Waals surface area contributed by atoms with Crippen LogP contribution in [-0.2, 0) is 14.3 Å². The van der Waals surface area contributed by atoms with Crippen molar-refractivity contribution in [2.24, 2.45) is 0 Å². The van der Waals surface area contributed by atoms with Gasteiger partial charge in [0.2, 0.25) is 0 Å². The van der Waals surface area contributed by atoms with Crippen molar-refractivity contribution in [2.45, 2.75) is 19.1 Å². The van der Waals surface area contributed by atoms with Crippen molar-refractivity contribution in [1.29, 1.82) is 0 Å². The van der Waals surface area contributed by atoms with Gasteiger partial charge >= 0.3 is 5.97 Å². The van der Waals surface area contributed by atoms with E-state index in [0.29, 0.717) is 6.61 Å². The maximum absolute atomic E-state index is 11.2. The van der Waals surface area contributed by atoms with Crippen molar-refractivity contribution in [2.75, 3.05) is 6.61 Å². The third kappa shape index (κ3) is 1.72. The molecule has 2 heterocycles. The van der Waals surface area contributed by atoms with Gasteiger partial charge in [-0.2, -0.15) is 0 Å². The summed E-state index contributed by atoms with van der Waals surface area (Å²) in [5.41, 5.74) is 0.811. The number of hydrogen-bond donors (Lipinski definition) is 0. The molecule has 0 N–H and O–H groups in total. The molecule has 1 aromatic heterocycles. The van der Waals surface area contributed by atoms with Gasteiger partial charge in [-0.05, 0) is 6.92 Å². The second kappa shape index (κ2) is 3.71. The van der Waals surface area contributed by atoms with E-state index in [2.05, 4.69) is 9.97 Å². The molecular weight excluding hydrogens is 184 g/mol. The van der Waals surface area contributed by atoms with Crippen LogP contribution in [0.3, 0.4) is 0 Å². The van der Waals surface area contributed by atoms with E-state index in [1.165, 1.54) is 6.33 Å². The number of nitrogens with zero attached hydrogens (tertiary/aromatic N) is 2. The first-order chi connectivity index (χ1) is 6.83. The van der Waals surface area contributed by atoms with Crippen LogP contribution >= 0.6 is 0 Å². The Kier molecular flexibility index (Phi) is 2.41. The second-order valence-corrected chi connectivity index (χ2v) is 2.90. The van der Waals surface area contributed by atoms with E-state index in [1.54, 1.807) is 19.3 Å². The van der Waals surface area contributed by atoms with Crippen LogP contribution in [0.4, 0.5) is 0 Å². The molecule has 0 spiro atoms. The zero-order valence-corrected chi connectivity index (χ0v) is 7.71. The van der Waals surface area contributed by atoms with Gasteiger partial charge in [-0.15, -0.1) is 0 Å². The lowest BCUT2D eigenvalue weighted by molar-refractivity contribution is -0.144. The first-order valence-electron chi connectivity index (χ1n) is 4.40. The largest absolute Gasteiger partial charge is 0.464 e. The summed E-state index contributed by atoms with van der Waals surface area (Å²) in [7, 11) is 0. The van der Waals surface area contributed by atoms with E-state index in [1.807, 2.05) is 0 Å². The Morgan fingerprint density at radius 3 is 2.93 bits per heavy atom. The Morgan fingerprint density at radius 1 is 1.57 bits per heavy atom. The summed E-state index contributed by atoms with van der Waals surface area (Å²) in [6.07, 6.45) is 4.01. The fraction of sp³-hybridized carbons (Fsp3) is 0.444. The van der Waals surface area contributed by atoms with Gasteiger partial charge in [-0.25, -0.2) is 14.8 Å². The lowest BCUT2D eigenvalue weighted by Crippen LogP contribution is -2.11. The first-order valence-corrected chi connectivity index (χ1v) is 4.40. The SMILES string of the molecule is CCOC(=O)[C@H]1O[C@H]1c1cncnc1. The number of esters is 1. The fourth-order valence-electron chi connectivity index (χ4n) is 1.23. The molecule has 1 saturated heterocycles. The van der Waals surface area contributed by atoms with Crippen LogP contribution in [0, 0.1) is 0 Å². The van der Waals surface area contributed by atoms with Gasteiger partial charge in [-0.3, -0.25) is 0 Å². The average Bonchev–Trinajstić information content (AvgIpc) is 2.99. The van der Waals surface area contributed by atoms with E-state index in [9.17, 15) is 4.79 Å². The summed E-state index contributed by atoms with van der Waals surface area (Å²) < 4.78 is 9.98. The van der Waals surface area contributed by atoms with Crippen molar-refractivity contribution in [3.63, 3.8) is 0 Å². The Bertz CT molecular complexity index is 328. The van der Waals surface area contributed by atoms with Gasteiger partial charge in [0.15, 0.2) is 6.10 Å². The standard InChI is InChI=1S/C9H10N2O3/c1-2-13-9(12)8-7(14-8)6-3-10-5-11-4-6/h3-5,7-8H,2H2,1H3/t7-,8-/m0/s1. The lowest BCUT2D eigenvalue weighted by atomic mass is 10.2. The van der Waals surface area contributed by atoms with Gasteiger partial charge < -0.3 is 9.47 Å². The van der Waals surface area contributed by atoms with Crippen LogP contribution in [0.5, 0.6) is 0 Å². The third-order valence-electron chi connectivity index (χ3n) is 1.92. The highest BCUT2D eigenvalue weighted by atomic mass is 16.6. The summed E-state index contributed by atoms with van der Waals surface area (Å²) >= 11 is 0. The minimum atomic E-state index is -0.471. The molecule has 5 nitrogen and oxygen atoms in total. The highest BCUT2D eigenvalue weighted by molar-refractivity contribution is 5.78. The smallest absolute Gasteiger partial charge is 0.338 e. The van der Waals surface area contributed by atoms with Crippen molar-refractivity contribution >= 4 is 5.97 Å². The Balaban J connectivity index is 1.96. The molecule has 1 aliphatic heterocycles. The van der Waals surface area contributed by atoms with Crippen LogP contribution in [0.1, 0.15) is 18.6 Å². The quantitative estimate of drug-likeness (QED) is 0.517. The number of aromatic nitrogens is 2. The molecule has 0 amide bonds. The number of ether oxygens (including phenoxy) is 2. The molecule has 1 aliphatic rings. The molecule has 2 rings (SSSR count). The normalized spacial score (nSPS) is 24.4. The predicted octanol–water partition coefficient (Wildman–Crippen LogP) is 0.480. The predicted molar refractivity (Wildman–Crippen MR) is 46.3 cm³/mol. The molecule has 0 unspecified atom stereocenters. The monoisotopic (exact) mass is 194 g/mol. The van der Waals surface area contributed by atoms with E-state index in [0.717, 1.165) is 5.56 Å². The Hall–Kier alpha value is -1.49. The zero-order chi connectivity index (χ0) is 9.97. The van der Waals surface area contributed by atoms with Gasteiger partial charge in [0.25, 0.3) is 0 Å². The van der Waals surface area contributed by atoms with Crippen LogP contribution in [-0.4, -0.2) is 28.6 Å². The van der Waals surface area contributed by atoms with Crippen LogP contribution < -0.4 is 0 Å². The summed E-state index contributed by atoms with van der Waals surface area (Å²) in [5.74, 6) is -0.318. The Morgan fingerprint density at radius 2 is 2.29 bits per heavy atom. The maximum atomic E-state index is 11.2. The fourth-order valence-corrected chi connectivity index (χ4v) is 1.23. The minimum Gasteiger partial charge on any atom is -0.464 e. The summed E-state index contributed by atoms with van der Waals surface area (Å²) in [6, 6.07) is 0. The number of hydrogen-bond acceptors (Lipinski definition) is 5. The number of carbonyl (C=O) groups is 1. The van der Waals surface area contributed by atoms with Gasteiger partial charge in [0, 0.05) is 18.0 Å². The molecule has 14 heavy (non-hydrogen) atoms. The highest BCUT2D eigenvalue weighted by Crippen LogP contribution is 2.38. The summed E-state index contributed by atoms with van der Waals surface area (Å²) in [6.45, 7) is 2.14. The molecule has 0 bridgehead atoms. The minimum absolute atomic E-state index is 0.227. The molecule has 0 radical (unpaired) electrons. The molecule has 0 aromatic carbocycles. The van der Waals surface area contributed by atoms with Gasteiger partial charge in [0.05, 0.1) is 6.61 Å². The molecule has 2 atom stereocenters. The third-order valence-corrected chi connectivity index (χ3v) is 1.92. The first kappa shape index (κ1) is 9.08. The van der Waals surface area contributed by atoms with Crippen molar-refractivity contribution < 1.29 is 14.3 Å². The summed E-state index contributed by atoms with van der Waals surface area (Å²) in [4.78, 5) is 18.9.